The number of ether oxygens (including phenoxy) is 1. The Morgan fingerprint density at radius 2 is 2.26 bits per heavy atom. The smallest absolute Gasteiger partial charge is 0.227 e. The molecule has 0 amide bonds. The first-order valence-electron chi connectivity index (χ1n) is 6.15. The lowest BCUT2D eigenvalue weighted by molar-refractivity contribution is 0.350. The summed E-state index contributed by atoms with van der Waals surface area (Å²) in [6.07, 6.45) is 3.07. The van der Waals surface area contributed by atoms with Gasteiger partial charge in [0.2, 0.25) is 17.6 Å². The largest absolute Gasteiger partial charge is 0.481 e. The third-order valence-corrected chi connectivity index (χ3v) is 2.92. The molecule has 0 radical (unpaired) electrons. The lowest BCUT2D eigenvalue weighted by Gasteiger charge is -2.07. The minimum Gasteiger partial charge on any atom is -0.481 e. The molecule has 0 saturated heterocycles. The lowest BCUT2D eigenvalue weighted by Crippen LogP contribution is -2.15. The van der Waals surface area contributed by atoms with Gasteiger partial charge in [0.25, 0.3) is 0 Å². The Hall–Kier alpha value is -2.02. The molecule has 7 heteroatoms. The molecule has 2 N–H and O–H groups in total. The van der Waals surface area contributed by atoms with Crippen LogP contribution in [0.1, 0.15) is 19.2 Å². The highest BCUT2D eigenvalue weighted by molar-refractivity contribution is 5.49. The Labute approximate surface area is 111 Å². The molecule has 0 spiro atoms. The average molecular weight is 263 g/mol. The molecule has 0 bridgehead atoms. The summed E-state index contributed by atoms with van der Waals surface area (Å²) in [5.74, 6) is 1.82. The molecular formula is C12H17N5O2. The van der Waals surface area contributed by atoms with Crippen LogP contribution >= 0.6 is 0 Å². The molecule has 0 fully saturated rings. The van der Waals surface area contributed by atoms with E-state index < -0.39 is 0 Å². The summed E-state index contributed by atoms with van der Waals surface area (Å²) in [4.78, 5) is 12.3. The number of rotatable bonds is 6. The number of hydrogen-bond acceptors (Lipinski definition) is 7. The number of aromatic nitrogens is 4. The van der Waals surface area contributed by atoms with Crippen LogP contribution in [0.2, 0.25) is 0 Å². The Kier molecular flexibility index (Phi) is 4.40. The van der Waals surface area contributed by atoms with Gasteiger partial charge in [0.05, 0.1) is 7.11 Å². The average Bonchev–Trinajstić information content (AvgIpc) is 2.93. The fraction of sp³-hybridized carbons (Fsp3) is 0.500. The number of hydrogen-bond donors (Lipinski definition) is 1. The maximum atomic E-state index is 5.66. The normalized spacial score (nSPS) is 12.4. The molecule has 0 aliphatic rings. The first kappa shape index (κ1) is 13.4. The molecule has 2 aromatic rings. The fourth-order valence-corrected chi connectivity index (χ4v) is 1.66. The van der Waals surface area contributed by atoms with E-state index in [-0.39, 0.29) is 0 Å². The zero-order valence-corrected chi connectivity index (χ0v) is 11.0. The van der Waals surface area contributed by atoms with Crippen molar-refractivity contribution in [2.45, 2.75) is 19.8 Å². The van der Waals surface area contributed by atoms with Crippen LogP contribution < -0.4 is 10.5 Å². The van der Waals surface area contributed by atoms with Crippen LogP contribution in [0.4, 0.5) is 0 Å². The molecule has 2 rings (SSSR count). The first-order chi connectivity index (χ1) is 9.26. The summed E-state index contributed by atoms with van der Waals surface area (Å²) in [5.41, 5.74) is 6.23. The zero-order valence-electron chi connectivity index (χ0n) is 11.0. The summed E-state index contributed by atoms with van der Waals surface area (Å²) >= 11 is 0. The van der Waals surface area contributed by atoms with Crippen molar-refractivity contribution in [2.75, 3.05) is 13.7 Å². The highest BCUT2D eigenvalue weighted by Crippen LogP contribution is 2.18. The molecule has 1 unspecified atom stereocenters. The summed E-state index contributed by atoms with van der Waals surface area (Å²) in [5, 5.41) is 3.91. The molecule has 0 aromatic carbocycles. The van der Waals surface area contributed by atoms with E-state index in [1.807, 2.05) is 0 Å². The quantitative estimate of drug-likeness (QED) is 0.831. The summed E-state index contributed by atoms with van der Waals surface area (Å²) in [6.45, 7) is 2.69. The third-order valence-electron chi connectivity index (χ3n) is 2.92. The predicted octanol–water partition coefficient (Wildman–Crippen LogP) is 1.06. The van der Waals surface area contributed by atoms with Crippen molar-refractivity contribution < 1.29 is 9.26 Å². The standard InChI is InChI=1S/C12H17N5O2/c1-3-8(6-13)4-11-16-12(17-19-11)9-5-10(18-2)15-7-14-9/h5,7-8H,3-4,6,13H2,1-2H3. The summed E-state index contributed by atoms with van der Waals surface area (Å²) in [6, 6.07) is 1.66. The topological polar surface area (TPSA) is 100.0 Å². The van der Waals surface area contributed by atoms with Gasteiger partial charge in [-0.1, -0.05) is 18.5 Å². The molecule has 2 aromatic heterocycles. The molecule has 102 valence electrons. The van der Waals surface area contributed by atoms with Crippen LogP contribution in [0.25, 0.3) is 11.5 Å². The van der Waals surface area contributed by atoms with Gasteiger partial charge in [-0.3, -0.25) is 0 Å². The molecule has 0 aliphatic carbocycles. The highest BCUT2D eigenvalue weighted by atomic mass is 16.5. The van der Waals surface area contributed by atoms with E-state index in [9.17, 15) is 0 Å². The van der Waals surface area contributed by atoms with Gasteiger partial charge in [-0.05, 0) is 12.5 Å². The van der Waals surface area contributed by atoms with Gasteiger partial charge in [-0.25, -0.2) is 9.97 Å². The van der Waals surface area contributed by atoms with Gasteiger partial charge >= 0.3 is 0 Å². The van der Waals surface area contributed by atoms with Gasteiger partial charge in [0.1, 0.15) is 12.0 Å². The maximum Gasteiger partial charge on any atom is 0.227 e. The maximum absolute atomic E-state index is 5.66. The van der Waals surface area contributed by atoms with Crippen molar-refractivity contribution >= 4 is 0 Å². The Morgan fingerprint density at radius 1 is 1.42 bits per heavy atom. The summed E-state index contributed by atoms with van der Waals surface area (Å²) in [7, 11) is 1.54. The zero-order chi connectivity index (χ0) is 13.7. The van der Waals surface area contributed by atoms with Crippen molar-refractivity contribution in [3.05, 3.63) is 18.3 Å². The molecule has 7 nitrogen and oxygen atoms in total. The van der Waals surface area contributed by atoms with Gasteiger partial charge < -0.3 is 15.0 Å². The van der Waals surface area contributed by atoms with Crippen molar-refractivity contribution in [3.8, 4) is 17.4 Å². The lowest BCUT2D eigenvalue weighted by atomic mass is 10.0. The van der Waals surface area contributed by atoms with Crippen LogP contribution in [0.15, 0.2) is 16.9 Å². The number of nitrogens with two attached hydrogens (primary N) is 1. The van der Waals surface area contributed by atoms with E-state index in [4.69, 9.17) is 15.0 Å². The second kappa shape index (κ2) is 6.24. The molecule has 1 atom stereocenters. The van der Waals surface area contributed by atoms with E-state index in [2.05, 4.69) is 27.0 Å². The number of methoxy groups -OCH3 is 1. The van der Waals surface area contributed by atoms with Gasteiger partial charge in [-0.15, -0.1) is 0 Å². The van der Waals surface area contributed by atoms with Gasteiger partial charge in [0, 0.05) is 12.5 Å². The fourth-order valence-electron chi connectivity index (χ4n) is 1.66. The summed E-state index contributed by atoms with van der Waals surface area (Å²) < 4.78 is 10.2. The SMILES string of the molecule is CCC(CN)Cc1nc(-c2cc(OC)ncn2)no1. The molecule has 0 aliphatic heterocycles. The van der Waals surface area contributed by atoms with Gasteiger partial charge in [0.15, 0.2) is 0 Å². The van der Waals surface area contributed by atoms with Crippen LogP contribution in [-0.2, 0) is 6.42 Å². The van der Waals surface area contributed by atoms with E-state index >= 15 is 0 Å². The van der Waals surface area contributed by atoms with Gasteiger partial charge in [-0.2, -0.15) is 4.98 Å². The van der Waals surface area contributed by atoms with E-state index in [1.165, 1.54) is 6.33 Å². The van der Waals surface area contributed by atoms with Crippen molar-refractivity contribution in [2.24, 2.45) is 11.7 Å². The highest BCUT2D eigenvalue weighted by Gasteiger charge is 2.14. The minimum absolute atomic E-state index is 0.355. The van der Waals surface area contributed by atoms with Crippen LogP contribution in [0, 0.1) is 5.92 Å². The Morgan fingerprint density at radius 3 is 2.95 bits per heavy atom. The Balaban J connectivity index is 2.15. The van der Waals surface area contributed by atoms with E-state index in [1.54, 1.807) is 13.2 Å². The second-order valence-corrected chi connectivity index (χ2v) is 4.17. The van der Waals surface area contributed by atoms with Crippen molar-refractivity contribution in [1.29, 1.82) is 0 Å². The molecule has 0 saturated carbocycles. The van der Waals surface area contributed by atoms with E-state index in [0.717, 1.165) is 6.42 Å². The molecular weight excluding hydrogens is 246 g/mol. The monoisotopic (exact) mass is 263 g/mol. The molecule has 19 heavy (non-hydrogen) atoms. The first-order valence-corrected chi connectivity index (χ1v) is 6.15. The third kappa shape index (κ3) is 3.25. The minimum atomic E-state index is 0.355. The Bertz CT molecular complexity index is 524. The van der Waals surface area contributed by atoms with Crippen LogP contribution in [0.3, 0.4) is 0 Å². The van der Waals surface area contributed by atoms with Crippen molar-refractivity contribution in [3.63, 3.8) is 0 Å². The van der Waals surface area contributed by atoms with Crippen LogP contribution in [-0.4, -0.2) is 33.8 Å². The van der Waals surface area contributed by atoms with Crippen LogP contribution in [0.5, 0.6) is 5.88 Å². The number of nitrogens with zero attached hydrogens (tertiary/aromatic N) is 4. The van der Waals surface area contributed by atoms with E-state index in [0.29, 0.717) is 42.2 Å². The molecule has 2 heterocycles. The predicted molar refractivity (Wildman–Crippen MR) is 68.4 cm³/mol. The van der Waals surface area contributed by atoms with Crippen molar-refractivity contribution in [1.82, 2.24) is 20.1 Å². The second-order valence-electron chi connectivity index (χ2n) is 4.17.